The Kier molecular flexibility index (Phi) is 7.60. The Morgan fingerprint density at radius 1 is 1.12 bits per heavy atom. The lowest BCUT2D eigenvalue weighted by atomic mass is 9.95. The van der Waals surface area contributed by atoms with Gasteiger partial charge in [-0.1, -0.05) is 0 Å². The minimum absolute atomic E-state index is 0.0445. The first kappa shape index (κ1) is 23.8. The molecule has 1 atom stereocenters. The van der Waals surface area contributed by atoms with Crippen LogP contribution in [0.4, 0.5) is 17.6 Å². The van der Waals surface area contributed by atoms with Gasteiger partial charge in [0, 0.05) is 37.1 Å². The van der Waals surface area contributed by atoms with Crippen LogP contribution in [0.1, 0.15) is 45.1 Å². The lowest BCUT2D eigenvalue weighted by Gasteiger charge is -2.29. The summed E-state index contributed by atoms with van der Waals surface area (Å²) < 4.78 is 63.8. The molecule has 1 fully saturated rings. The first-order valence-electron chi connectivity index (χ1n) is 10.2. The lowest BCUT2D eigenvalue weighted by molar-refractivity contribution is -0.138. The average molecular weight is 456 g/mol. The fourth-order valence-corrected chi connectivity index (χ4v) is 3.40. The number of alkyl halides is 3. The van der Waals surface area contributed by atoms with Gasteiger partial charge in [-0.15, -0.1) is 0 Å². The van der Waals surface area contributed by atoms with Gasteiger partial charge in [-0.2, -0.15) is 13.2 Å². The van der Waals surface area contributed by atoms with Crippen LogP contribution in [0.5, 0.6) is 5.88 Å². The van der Waals surface area contributed by atoms with Crippen molar-refractivity contribution in [3.8, 4) is 17.3 Å². The molecular formula is C21H24F4N4O3. The third-order valence-corrected chi connectivity index (χ3v) is 4.98. The highest BCUT2D eigenvalue weighted by Crippen LogP contribution is 2.30. The van der Waals surface area contributed by atoms with Gasteiger partial charge in [-0.05, 0) is 38.7 Å². The van der Waals surface area contributed by atoms with E-state index in [2.05, 4.69) is 20.3 Å². The van der Waals surface area contributed by atoms with Crippen molar-refractivity contribution in [1.29, 1.82) is 0 Å². The third kappa shape index (κ3) is 6.59. The van der Waals surface area contributed by atoms with E-state index in [1.807, 2.05) is 6.92 Å². The SMILES string of the molecule is CC(=O)N[C@@H](C)COC1CCC(Oc2ncc(-c3ncc(C(F)(F)F)cn3)cc2F)CC1. The molecule has 1 amide bonds. The maximum Gasteiger partial charge on any atom is 0.419 e. The van der Waals surface area contributed by atoms with Crippen LogP contribution < -0.4 is 10.1 Å². The van der Waals surface area contributed by atoms with E-state index in [1.54, 1.807) is 0 Å². The van der Waals surface area contributed by atoms with Crippen molar-refractivity contribution in [2.24, 2.45) is 0 Å². The summed E-state index contributed by atoms with van der Waals surface area (Å²) >= 11 is 0. The van der Waals surface area contributed by atoms with Crippen molar-refractivity contribution < 1.29 is 31.8 Å². The van der Waals surface area contributed by atoms with E-state index in [1.165, 1.54) is 13.1 Å². The Morgan fingerprint density at radius 3 is 2.31 bits per heavy atom. The minimum atomic E-state index is -4.55. The third-order valence-electron chi connectivity index (χ3n) is 4.98. The molecule has 2 aromatic rings. The zero-order valence-electron chi connectivity index (χ0n) is 17.7. The molecule has 0 unspecified atom stereocenters. The highest BCUT2D eigenvalue weighted by molar-refractivity contribution is 5.73. The Bertz CT molecular complexity index is 916. The van der Waals surface area contributed by atoms with Crippen LogP contribution in [0.3, 0.4) is 0 Å². The van der Waals surface area contributed by atoms with E-state index in [0.717, 1.165) is 18.9 Å². The monoisotopic (exact) mass is 456 g/mol. The summed E-state index contributed by atoms with van der Waals surface area (Å²) in [5, 5.41) is 2.76. The number of rotatable bonds is 7. The molecule has 174 valence electrons. The van der Waals surface area contributed by atoms with Gasteiger partial charge in [0.15, 0.2) is 11.6 Å². The second-order valence-corrected chi connectivity index (χ2v) is 7.76. The molecule has 0 aromatic carbocycles. The number of carbonyl (C=O) groups is 1. The molecule has 0 saturated heterocycles. The zero-order chi connectivity index (χ0) is 23.3. The van der Waals surface area contributed by atoms with E-state index in [9.17, 15) is 22.4 Å². The van der Waals surface area contributed by atoms with Gasteiger partial charge in [-0.25, -0.2) is 19.3 Å². The summed E-state index contributed by atoms with van der Waals surface area (Å²) in [5.41, 5.74) is -0.840. The van der Waals surface area contributed by atoms with Crippen molar-refractivity contribution >= 4 is 5.91 Å². The first-order valence-corrected chi connectivity index (χ1v) is 10.2. The molecule has 1 aliphatic carbocycles. The van der Waals surface area contributed by atoms with Gasteiger partial charge in [0.25, 0.3) is 5.88 Å². The van der Waals surface area contributed by atoms with Crippen molar-refractivity contribution in [2.45, 2.75) is 64.0 Å². The Hall–Kier alpha value is -2.82. The summed E-state index contributed by atoms with van der Waals surface area (Å²) in [7, 11) is 0. The standard InChI is InChI=1S/C21H24F4N4O3/c1-12(29-13(2)30)11-31-16-3-5-17(6-4-16)32-20-18(22)7-14(8-28-20)19-26-9-15(10-27-19)21(23,24)25/h7-10,12,16-17H,3-6,11H2,1-2H3,(H,29,30)/t12-,16?,17?/m0/s1. The smallest absolute Gasteiger partial charge is 0.419 e. The Balaban J connectivity index is 1.52. The number of amides is 1. The number of halogens is 4. The van der Waals surface area contributed by atoms with Crippen molar-refractivity contribution in [1.82, 2.24) is 20.3 Å². The first-order chi connectivity index (χ1) is 15.1. The molecule has 2 aromatic heterocycles. The summed E-state index contributed by atoms with van der Waals surface area (Å²) in [6, 6.07) is 1.01. The number of hydrogen-bond donors (Lipinski definition) is 1. The predicted molar refractivity (Wildman–Crippen MR) is 106 cm³/mol. The van der Waals surface area contributed by atoms with Gasteiger partial charge in [-0.3, -0.25) is 4.79 Å². The molecule has 3 rings (SSSR count). The molecule has 1 saturated carbocycles. The fourth-order valence-electron chi connectivity index (χ4n) is 3.40. The molecule has 0 aliphatic heterocycles. The van der Waals surface area contributed by atoms with Gasteiger partial charge in [0.05, 0.1) is 18.3 Å². The molecule has 11 heteroatoms. The van der Waals surface area contributed by atoms with Gasteiger partial charge in [0.1, 0.15) is 6.10 Å². The number of carbonyl (C=O) groups excluding carboxylic acids is 1. The number of aromatic nitrogens is 3. The second kappa shape index (κ2) is 10.2. The number of nitrogens with one attached hydrogen (secondary N) is 1. The molecule has 1 aliphatic rings. The van der Waals surface area contributed by atoms with Crippen LogP contribution in [0.2, 0.25) is 0 Å². The van der Waals surface area contributed by atoms with Crippen LogP contribution in [-0.4, -0.2) is 45.7 Å². The second-order valence-electron chi connectivity index (χ2n) is 7.76. The van der Waals surface area contributed by atoms with E-state index < -0.39 is 17.6 Å². The maximum atomic E-state index is 14.5. The minimum Gasteiger partial charge on any atom is -0.472 e. The van der Waals surface area contributed by atoms with Crippen LogP contribution in [0, 0.1) is 5.82 Å². The van der Waals surface area contributed by atoms with Gasteiger partial charge >= 0.3 is 6.18 Å². The van der Waals surface area contributed by atoms with Crippen LogP contribution in [-0.2, 0) is 15.7 Å². The number of nitrogens with zero attached hydrogens (tertiary/aromatic N) is 3. The summed E-state index contributed by atoms with van der Waals surface area (Å²) in [4.78, 5) is 22.3. The number of ether oxygens (including phenoxy) is 2. The Morgan fingerprint density at radius 2 is 1.75 bits per heavy atom. The average Bonchev–Trinajstić information content (AvgIpc) is 2.73. The number of pyridine rings is 1. The van der Waals surface area contributed by atoms with E-state index in [-0.39, 0.29) is 41.4 Å². The van der Waals surface area contributed by atoms with Gasteiger partial charge in [0.2, 0.25) is 5.91 Å². The van der Waals surface area contributed by atoms with E-state index in [0.29, 0.717) is 31.8 Å². The molecule has 2 heterocycles. The highest BCUT2D eigenvalue weighted by atomic mass is 19.4. The molecule has 1 N–H and O–H groups in total. The molecule has 32 heavy (non-hydrogen) atoms. The van der Waals surface area contributed by atoms with Crippen molar-refractivity contribution in [2.75, 3.05) is 6.61 Å². The quantitative estimate of drug-likeness (QED) is 0.636. The topological polar surface area (TPSA) is 86.2 Å². The molecule has 0 spiro atoms. The number of hydrogen-bond acceptors (Lipinski definition) is 6. The van der Waals surface area contributed by atoms with Gasteiger partial charge < -0.3 is 14.8 Å². The molecule has 0 bridgehead atoms. The lowest BCUT2D eigenvalue weighted by Crippen LogP contribution is -2.37. The van der Waals surface area contributed by atoms with Crippen molar-refractivity contribution in [3.63, 3.8) is 0 Å². The predicted octanol–water partition coefficient (Wildman–Crippen LogP) is 3.93. The van der Waals surface area contributed by atoms with Crippen LogP contribution in [0.15, 0.2) is 24.7 Å². The largest absolute Gasteiger partial charge is 0.472 e. The van der Waals surface area contributed by atoms with Crippen LogP contribution in [0.25, 0.3) is 11.4 Å². The zero-order valence-corrected chi connectivity index (χ0v) is 17.7. The highest BCUT2D eigenvalue weighted by Gasteiger charge is 2.31. The maximum absolute atomic E-state index is 14.5. The Labute approximate surface area is 182 Å². The fraction of sp³-hybridized carbons (Fsp3) is 0.524. The molecule has 7 nitrogen and oxygen atoms in total. The van der Waals surface area contributed by atoms with Crippen LogP contribution >= 0.6 is 0 Å². The van der Waals surface area contributed by atoms with E-state index in [4.69, 9.17) is 9.47 Å². The molecular weight excluding hydrogens is 432 g/mol. The normalized spacial score (nSPS) is 19.9. The summed E-state index contributed by atoms with van der Waals surface area (Å²) in [6.07, 6.45) is 0.596. The summed E-state index contributed by atoms with van der Waals surface area (Å²) in [6.45, 7) is 3.73. The summed E-state index contributed by atoms with van der Waals surface area (Å²) in [5.74, 6) is -1.09. The van der Waals surface area contributed by atoms with E-state index >= 15 is 0 Å². The van der Waals surface area contributed by atoms with Crippen molar-refractivity contribution in [3.05, 3.63) is 36.0 Å². The molecule has 0 radical (unpaired) electrons.